The number of nitrogens with one attached hydrogen (secondary N) is 1. The van der Waals surface area contributed by atoms with Crippen LogP contribution in [0.15, 0.2) is 11.1 Å². The van der Waals surface area contributed by atoms with Crippen LogP contribution in [-0.2, 0) is 0 Å². The number of hydrogen-bond acceptors (Lipinski definition) is 3. The number of rotatable bonds is 0. The summed E-state index contributed by atoms with van der Waals surface area (Å²) in [5.74, 6) is 0. The fourth-order valence-electron chi connectivity index (χ4n) is 0.882. The number of aromatic nitrogens is 2. The third-order valence-electron chi connectivity index (χ3n) is 1.40. The van der Waals surface area contributed by atoms with Crippen molar-refractivity contribution in [1.82, 2.24) is 9.97 Å². The lowest BCUT2D eigenvalue weighted by Gasteiger charge is -1.85. The first-order valence-electron chi connectivity index (χ1n) is 3.01. The molecule has 0 aliphatic heterocycles. The highest BCUT2D eigenvalue weighted by Gasteiger charge is 2.10. The van der Waals surface area contributed by atoms with E-state index < -0.39 is 0 Å². The van der Waals surface area contributed by atoms with Crippen molar-refractivity contribution in [3.8, 4) is 0 Å². The SMILES string of the molecule is O=c1[nH]cnc2sc(I)c(I)c12. The number of hydrogen-bond donors (Lipinski definition) is 1. The van der Waals surface area contributed by atoms with E-state index in [4.69, 9.17) is 0 Å². The van der Waals surface area contributed by atoms with E-state index in [-0.39, 0.29) is 5.56 Å². The molecule has 2 aromatic rings. The van der Waals surface area contributed by atoms with Crippen LogP contribution in [-0.4, -0.2) is 9.97 Å². The van der Waals surface area contributed by atoms with Crippen molar-refractivity contribution in [1.29, 1.82) is 0 Å². The Morgan fingerprint density at radius 1 is 1.50 bits per heavy atom. The Kier molecular flexibility index (Phi) is 2.38. The average molecular weight is 404 g/mol. The van der Waals surface area contributed by atoms with Gasteiger partial charge in [-0.3, -0.25) is 4.79 Å². The van der Waals surface area contributed by atoms with Gasteiger partial charge >= 0.3 is 0 Å². The van der Waals surface area contributed by atoms with Crippen molar-refractivity contribution < 1.29 is 0 Å². The monoisotopic (exact) mass is 404 g/mol. The summed E-state index contributed by atoms with van der Waals surface area (Å²) in [6, 6.07) is 0. The van der Waals surface area contributed by atoms with Gasteiger partial charge in [0.05, 0.1) is 18.2 Å². The largest absolute Gasteiger partial charge is 0.313 e. The van der Waals surface area contributed by atoms with Crippen molar-refractivity contribution in [2.75, 3.05) is 0 Å². The topological polar surface area (TPSA) is 45.8 Å². The molecule has 0 radical (unpaired) electrons. The Labute approximate surface area is 98.9 Å². The van der Waals surface area contributed by atoms with Crippen LogP contribution < -0.4 is 5.56 Å². The second-order valence-electron chi connectivity index (χ2n) is 2.10. The van der Waals surface area contributed by atoms with Crippen molar-refractivity contribution in [2.45, 2.75) is 0 Å². The van der Waals surface area contributed by atoms with Gasteiger partial charge in [-0.05, 0) is 45.2 Å². The van der Waals surface area contributed by atoms with Crippen LogP contribution >= 0.6 is 56.5 Å². The lowest BCUT2D eigenvalue weighted by Crippen LogP contribution is -2.05. The van der Waals surface area contributed by atoms with E-state index in [1.54, 1.807) is 11.3 Å². The van der Waals surface area contributed by atoms with Crippen molar-refractivity contribution in [2.24, 2.45) is 0 Å². The highest BCUT2D eigenvalue weighted by molar-refractivity contribution is 14.1. The van der Waals surface area contributed by atoms with Crippen molar-refractivity contribution in [3.63, 3.8) is 0 Å². The molecule has 2 aromatic heterocycles. The van der Waals surface area contributed by atoms with Crippen LogP contribution in [0.2, 0.25) is 0 Å². The molecule has 0 amide bonds. The molecule has 62 valence electrons. The smallest absolute Gasteiger partial charge is 0.260 e. The molecule has 6 heteroatoms. The number of nitrogens with zero attached hydrogens (tertiary/aromatic N) is 1. The third-order valence-corrected chi connectivity index (χ3v) is 5.96. The molecule has 0 atom stereocenters. The van der Waals surface area contributed by atoms with Gasteiger partial charge in [0.2, 0.25) is 0 Å². The summed E-state index contributed by atoms with van der Waals surface area (Å²) in [7, 11) is 0. The maximum Gasteiger partial charge on any atom is 0.260 e. The lowest BCUT2D eigenvalue weighted by molar-refractivity contribution is 1.18. The van der Waals surface area contributed by atoms with E-state index in [1.165, 1.54) is 6.33 Å². The lowest BCUT2D eigenvalue weighted by atomic mass is 10.4. The Morgan fingerprint density at radius 2 is 2.25 bits per heavy atom. The van der Waals surface area contributed by atoms with Gasteiger partial charge in [0, 0.05) is 0 Å². The van der Waals surface area contributed by atoms with E-state index in [2.05, 4.69) is 55.1 Å². The number of halogens is 2. The summed E-state index contributed by atoms with van der Waals surface area (Å²) in [5, 5.41) is 0.715. The molecule has 0 spiro atoms. The molecule has 1 N–H and O–H groups in total. The Bertz CT molecular complexity index is 490. The molecule has 2 rings (SSSR count). The number of aromatic amines is 1. The standard InChI is InChI=1S/C6H2I2N2OS/c7-3-2-5(11)9-1-10-6(2)12-4(3)8/h1H,(H,9,10,11). The van der Waals surface area contributed by atoms with Crippen LogP contribution in [0.4, 0.5) is 0 Å². The molecule has 0 saturated heterocycles. The third kappa shape index (κ3) is 1.29. The molecule has 0 aliphatic carbocycles. The predicted molar refractivity (Wildman–Crippen MR) is 65.7 cm³/mol. The van der Waals surface area contributed by atoms with Gasteiger partial charge in [0.15, 0.2) is 0 Å². The number of fused-ring (bicyclic) bond motifs is 1. The minimum absolute atomic E-state index is 0.0523. The van der Waals surface area contributed by atoms with Gasteiger partial charge in [-0.25, -0.2) is 4.98 Å². The first kappa shape index (κ1) is 8.88. The van der Waals surface area contributed by atoms with Gasteiger partial charge in [-0.2, -0.15) is 0 Å². The highest BCUT2D eigenvalue weighted by atomic mass is 127. The predicted octanol–water partition coefficient (Wildman–Crippen LogP) is 2.19. The Hall–Kier alpha value is 0.300. The number of H-pyrrole nitrogens is 1. The maximum absolute atomic E-state index is 11.3. The normalized spacial score (nSPS) is 10.8. The molecular formula is C6H2I2N2OS. The minimum atomic E-state index is -0.0523. The first-order valence-corrected chi connectivity index (χ1v) is 5.98. The van der Waals surface area contributed by atoms with Crippen molar-refractivity contribution in [3.05, 3.63) is 23.1 Å². The van der Waals surface area contributed by atoms with Crippen LogP contribution in [0.5, 0.6) is 0 Å². The van der Waals surface area contributed by atoms with E-state index in [0.717, 1.165) is 11.3 Å². The summed E-state index contributed by atoms with van der Waals surface area (Å²) >= 11 is 5.92. The van der Waals surface area contributed by atoms with Crippen molar-refractivity contribution >= 4 is 66.7 Å². The highest BCUT2D eigenvalue weighted by Crippen LogP contribution is 2.29. The Balaban J connectivity index is 3.07. The van der Waals surface area contributed by atoms with Gasteiger partial charge in [-0.15, -0.1) is 11.3 Å². The summed E-state index contributed by atoms with van der Waals surface area (Å²) in [6.07, 6.45) is 1.44. The molecule has 0 unspecified atom stereocenters. The minimum Gasteiger partial charge on any atom is -0.313 e. The van der Waals surface area contributed by atoms with Crippen LogP contribution in [0.25, 0.3) is 10.2 Å². The van der Waals surface area contributed by atoms with E-state index in [1.807, 2.05) is 0 Å². The molecular weight excluding hydrogens is 402 g/mol. The molecule has 0 fully saturated rings. The molecule has 0 aliphatic rings. The fourth-order valence-corrected chi connectivity index (χ4v) is 3.56. The molecule has 3 nitrogen and oxygen atoms in total. The fraction of sp³-hybridized carbons (Fsp3) is 0. The summed E-state index contributed by atoms with van der Waals surface area (Å²) in [4.78, 5) is 18.8. The van der Waals surface area contributed by atoms with Gasteiger partial charge < -0.3 is 4.98 Å². The summed E-state index contributed by atoms with van der Waals surface area (Å²) < 4.78 is 2.12. The average Bonchev–Trinajstić information content (AvgIpc) is 2.29. The van der Waals surface area contributed by atoms with Gasteiger partial charge in [0.25, 0.3) is 5.56 Å². The zero-order valence-electron chi connectivity index (χ0n) is 5.60. The second-order valence-corrected chi connectivity index (χ2v) is 5.99. The molecule has 0 aromatic carbocycles. The molecule has 12 heavy (non-hydrogen) atoms. The maximum atomic E-state index is 11.3. The van der Waals surface area contributed by atoms with Gasteiger partial charge in [0.1, 0.15) is 4.83 Å². The molecule has 0 bridgehead atoms. The number of thiophene rings is 1. The van der Waals surface area contributed by atoms with Crippen LogP contribution in [0, 0.1) is 6.45 Å². The zero-order chi connectivity index (χ0) is 8.72. The molecule has 2 heterocycles. The summed E-state index contributed by atoms with van der Waals surface area (Å²) in [6.45, 7) is 0. The van der Waals surface area contributed by atoms with E-state index in [9.17, 15) is 4.79 Å². The van der Waals surface area contributed by atoms with Crippen LogP contribution in [0.3, 0.4) is 0 Å². The molecule has 0 saturated carbocycles. The second kappa shape index (κ2) is 3.22. The van der Waals surface area contributed by atoms with E-state index in [0.29, 0.717) is 5.39 Å². The zero-order valence-corrected chi connectivity index (χ0v) is 10.7. The summed E-state index contributed by atoms with van der Waals surface area (Å²) in [5.41, 5.74) is -0.0523. The quantitative estimate of drug-likeness (QED) is 0.685. The Morgan fingerprint density at radius 3 is 2.92 bits per heavy atom. The van der Waals surface area contributed by atoms with E-state index >= 15 is 0 Å². The van der Waals surface area contributed by atoms with Gasteiger partial charge in [-0.1, -0.05) is 0 Å². The first-order chi connectivity index (χ1) is 5.70. The van der Waals surface area contributed by atoms with Crippen LogP contribution in [0.1, 0.15) is 0 Å².